The number of rotatable bonds is 2. The predicted molar refractivity (Wildman–Crippen MR) is 88.7 cm³/mol. The van der Waals surface area contributed by atoms with Gasteiger partial charge in [0.05, 0.1) is 5.69 Å². The Kier molecular flexibility index (Phi) is 4.32. The largest absolute Gasteiger partial charge is 0.399 e. The van der Waals surface area contributed by atoms with E-state index in [0.717, 1.165) is 26.0 Å². The highest BCUT2D eigenvalue weighted by Gasteiger charge is 2.02. The molecule has 0 heterocycles. The van der Waals surface area contributed by atoms with Gasteiger partial charge in [-0.15, -0.1) is 0 Å². The smallest absolute Gasteiger partial charge is 0.0530 e. The predicted octanol–water partition coefficient (Wildman–Crippen LogP) is 5.14. The standard InChI is InChI=1S/C12H9Br2IN2/c13-9-3-2-8(6-11(9)15)17-12-4-1-7(16)5-10(12)14/h1-6,17H,16H2. The Labute approximate surface area is 130 Å². The Hall–Kier alpha value is -0.270. The Morgan fingerprint density at radius 1 is 1.00 bits per heavy atom. The van der Waals surface area contributed by atoms with Crippen LogP contribution in [-0.4, -0.2) is 0 Å². The maximum absolute atomic E-state index is 5.70. The van der Waals surface area contributed by atoms with Crippen molar-refractivity contribution in [2.75, 3.05) is 11.1 Å². The van der Waals surface area contributed by atoms with Gasteiger partial charge in [-0.1, -0.05) is 0 Å². The van der Waals surface area contributed by atoms with Crippen molar-refractivity contribution in [3.05, 3.63) is 48.9 Å². The second kappa shape index (κ2) is 5.58. The summed E-state index contributed by atoms with van der Waals surface area (Å²) in [5.74, 6) is 0. The van der Waals surface area contributed by atoms with Gasteiger partial charge in [0.25, 0.3) is 0 Å². The summed E-state index contributed by atoms with van der Waals surface area (Å²) < 4.78 is 3.22. The van der Waals surface area contributed by atoms with Gasteiger partial charge in [0.15, 0.2) is 0 Å². The zero-order valence-electron chi connectivity index (χ0n) is 8.68. The molecular formula is C12H9Br2IN2. The zero-order valence-corrected chi connectivity index (χ0v) is 14.0. The number of anilines is 3. The van der Waals surface area contributed by atoms with E-state index in [9.17, 15) is 0 Å². The molecule has 0 aliphatic carbocycles. The number of hydrogen-bond donors (Lipinski definition) is 2. The number of nitrogens with one attached hydrogen (secondary N) is 1. The van der Waals surface area contributed by atoms with Gasteiger partial charge in [-0.3, -0.25) is 0 Å². The third-order valence-corrected chi connectivity index (χ3v) is 5.17. The fourth-order valence-electron chi connectivity index (χ4n) is 1.36. The summed E-state index contributed by atoms with van der Waals surface area (Å²) in [4.78, 5) is 0. The van der Waals surface area contributed by atoms with E-state index in [0.29, 0.717) is 0 Å². The Bertz CT molecular complexity index is 558. The quantitative estimate of drug-likeness (QED) is 0.474. The molecular weight excluding hydrogens is 459 g/mol. The maximum Gasteiger partial charge on any atom is 0.0530 e. The molecule has 17 heavy (non-hydrogen) atoms. The van der Waals surface area contributed by atoms with Crippen LogP contribution in [0.2, 0.25) is 0 Å². The number of halogens is 3. The number of benzene rings is 2. The second-order valence-corrected chi connectivity index (χ2v) is 6.36. The zero-order chi connectivity index (χ0) is 12.4. The number of nitrogen functional groups attached to an aromatic ring is 1. The van der Waals surface area contributed by atoms with E-state index in [4.69, 9.17) is 5.73 Å². The van der Waals surface area contributed by atoms with Crippen molar-refractivity contribution in [3.8, 4) is 0 Å². The van der Waals surface area contributed by atoms with Gasteiger partial charge in [-0.2, -0.15) is 0 Å². The molecule has 3 N–H and O–H groups in total. The van der Waals surface area contributed by atoms with E-state index in [1.54, 1.807) is 0 Å². The summed E-state index contributed by atoms with van der Waals surface area (Å²) in [5.41, 5.74) is 8.49. The molecule has 2 aromatic carbocycles. The second-order valence-electron chi connectivity index (χ2n) is 3.49. The first kappa shape index (κ1) is 13.2. The number of nitrogens with two attached hydrogens (primary N) is 1. The third-order valence-electron chi connectivity index (χ3n) is 2.19. The van der Waals surface area contributed by atoms with Gasteiger partial charge in [-0.25, -0.2) is 0 Å². The summed E-state index contributed by atoms with van der Waals surface area (Å²) in [7, 11) is 0. The van der Waals surface area contributed by atoms with Crippen LogP contribution in [0.4, 0.5) is 17.1 Å². The van der Waals surface area contributed by atoms with Crippen molar-refractivity contribution in [2.45, 2.75) is 0 Å². The average molecular weight is 468 g/mol. The molecule has 0 fully saturated rings. The molecule has 0 aliphatic rings. The first-order valence-corrected chi connectivity index (χ1v) is 7.50. The van der Waals surface area contributed by atoms with Crippen molar-refractivity contribution in [3.63, 3.8) is 0 Å². The van der Waals surface area contributed by atoms with Crippen LogP contribution in [0.5, 0.6) is 0 Å². The highest BCUT2D eigenvalue weighted by Crippen LogP contribution is 2.29. The minimum atomic E-state index is 0.743. The molecule has 0 aromatic heterocycles. The highest BCUT2D eigenvalue weighted by molar-refractivity contribution is 14.1. The van der Waals surface area contributed by atoms with E-state index in [1.165, 1.54) is 3.57 Å². The fourth-order valence-corrected chi connectivity index (χ4v) is 2.62. The molecule has 0 saturated carbocycles. The molecule has 5 heteroatoms. The van der Waals surface area contributed by atoms with Crippen molar-refractivity contribution in [2.24, 2.45) is 0 Å². The maximum atomic E-state index is 5.70. The van der Waals surface area contributed by atoms with Crippen LogP contribution in [-0.2, 0) is 0 Å². The summed E-state index contributed by atoms with van der Waals surface area (Å²) in [6, 6.07) is 11.8. The third kappa shape index (κ3) is 3.35. The van der Waals surface area contributed by atoms with Gasteiger partial charge in [0, 0.05) is 23.9 Å². The van der Waals surface area contributed by atoms with Crippen LogP contribution in [0.3, 0.4) is 0 Å². The summed E-state index contributed by atoms with van der Waals surface area (Å²) in [5, 5.41) is 3.34. The van der Waals surface area contributed by atoms with Crippen molar-refractivity contribution >= 4 is 71.5 Å². The van der Waals surface area contributed by atoms with Crippen LogP contribution in [0.25, 0.3) is 0 Å². The molecule has 0 aliphatic heterocycles. The first-order valence-electron chi connectivity index (χ1n) is 4.83. The van der Waals surface area contributed by atoms with E-state index in [1.807, 2.05) is 30.3 Å². The van der Waals surface area contributed by atoms with Gasteiger partial charge in [0.1, 0.15) is 0 Å². The normalized spacial score (nSPS) is 10.3. The van der Waals surface area contributed by atoms with E-state index < -0.39 is 0 Å². The van der Waals surface area contributed by atoms with E-state index >= 15 is 0 Å². The van der Waals surface area contributed by atoms with Crippen LogP contribution in [0.1, 0.15) is 0 Å². The van der Waals surface area contributed by atoms with Crippen molar-refractivity contribution in [1.82, 2.24) is 0 Å². The van der Waals surface area contributed by atoms with Crippen LogP contribution >= 0.6 is 54.5 Å². The summed E-state index contributed by atoms with van der Waals surface area (Å²) in [6.07, 6.45) is 0. The topological polar surface area (TPSA) is 38.0 Å². The molecule has 2 aromatic rings. The molecule has 0 bridgehead atoms. The minimum absolute atomic E-state index is 0.743. The molecule has 0 saturated heterocycles. The summed E-state index contributed by atoms with van der Waals surface area (Å²) >= 11 is 9.25. The van der Waals surface area contributed by atoms with Gasteiger partial charge in [-0.05, 0) is 90.8 Å². The van der Waals surface area contributed by atoms with E-state index in [-0.39, 0.29) is 0 Å². The van der Waals surface area contributed by atoms with Gasteiger partial charge < -0.3 is 11.1 Å². The van der Waals surface area contributed by atoms with Gasteiger partial charge >= 0.3 is 0 Å². The Balaban J connectivity index is 2.28. The van der Waals surface area contributed by atoms with Crippen molar-refractivity contribution < 1.29 is 0 Å². The lowest BCUT2D eigenvalue weighted by Crippen LogP contribution is -1.93. The molecule has 2 rings (SSSR count). The molecule has 0 spiro atoms. The molecule has 0 radical (unpaired) electrons. The van der Waals surface area contributed by atoms with Gasteiger partial charge in [0.2, 0.25) is 0 Å². The van der Waals surface area contributed by atoms with Crippen LogP contribution < -0.4 is 11.1 Å². The van der Waals surface area contributed by atoms with Crippen LogP contribution in [0.15, 0.2) is 45.3 Å². The SMILES string of the molecule is Nc1ccc(Nc2ccc(Br)c(I)c2)c(Br)c1. The lowest BCUT2D eigenvalue weighted by molar-refractivity contribution is 1.49. The fraction of sp³-hybridized carbons (Fsp3) is 0. The Morgan fingerprint density at radius 2 is 1.76 bits per heavy atom. The average Bonchev–Trinajstić information content (AvgIpc) is 2.27. The molecule has 0 unspecified atom stereocenters. The summed E-state index contributed by atoms with van der Waals surface area (Å²) in [6.45, 7) is 0. The lowest BCUT2D eigenvalue weighted by atomic mass is 10.2. The lowest BCUT2D eigenvalue weighted by Gasteiger charge is -2.10. The minimum Gasteiger partial charge on any atom is -0.399 e. The van der Waals surface area contributed by atoms with E-state index in [2.05, 4.69) is 65.8 Å². The molecule has 0 amide bonds. The first-order chi connectivity index (χ1) is 8.06. The monoisotopic (exact) mass is 466 g/mol. The molecule has 2 nitrogen and oxygen atoms in total. The Morgan fingerprint density at radius 3 is 2.41 bits per heavy atom. The molecule has 0 atom stereocenters. The number of hydrogen-bond acceptors (Lipinski definition) is 2. The highest BCUT2D eigenvalue weighted by atomic mass is 127. The molecule has 88 valence electrons. The van der Waals surface area contributed by atoms with Crippen molar-refractivity contribution in [1.29, 1.82) is 0 Å². The van der Waals surface area contributed by atoms with Crippen LogP contribution in [0, 0.1) is 3.57 Å².